The molecule has 0 amide bonds. The molecule has 0 heterocycles. The fourth-order valence-corrected chi connectivity index (χ4v) is 2.47. The van der Waals surface area contributed by atoms with Crippen LogP contribution in [-0.2, 0) is 6.11 Å². The zero-order valence-corrected chi connectivity index (χ0v) is 15.9. The summed E-state index contributed by atoms with van der Waals surface area (Å²) in [6, 6.07) is 10.5. The summed E-state index contributed by atoms with van der Waals surface area (Å²) < 4.78 is 86.2. The van der Waals surface area contributed by atoms with Gasteiger partial charge in [0.25, 0.3) is 0 Å². The fraction of sp³-hybridized carbons (Fsp3) is 0.182. The Kier molecular flexibility index (Phi) is 6.95. The predicted octanol–water partition coefficient (Wildman–Crippen LogP) is 7.37. The van der Waals surface area contributed by atoms with Gasteiger partial charge in [-0.1, -0.05) is 49.7 Å². The lowest BCUT2D eigenvalue weighted by Crippen LogP contribution is -2.23. The maximum Gasteiger partial charge on any atom is 0.429 e. The third-order valence-electron chi connectivity index (χ3n) is 3.87. The summed E-state index contributed by atoms with van der Waals surface area (Å²) >= 11 is 0. The van der Waals surface area contributed by atoms with Gasteiger partial charge < -0.3 is 4.74 Å². The molecular formula is C22H18F6O. The van der Waals surface area contributed by atoms with Crippen LogP contribution in [-0.4, -0.2) is 0 Å². The number of hydrogen-bond acceptors (Lipinski definition) is 1. The van der Waals surface area contributed by atoms with Gasteiger partial charge in [-0.25, -0.2) is 17.6 Å². The average molecular weight is 412 g/mol. The van der Waals surface area contributed by atoms with Gasteiger partial charge in [0.15, 0.2) is 17.5 Å². The number of ether oxygens (including phenoxy) is 1. The van der Waals surface area contributed by atoms with Crippen LogP contribution in [0.2, 0.25) is 0 Å². The molecule has 3 rings (SSSR count). The second-order valence-electron chi connectivity index (χ2n) is 5.88. The van der Waals surface area contributed by atoms with Crippen LogP contribution < -0.4 is 4.74 Å². The van der Waals surface area contributed by atoms with Crippen molar-refractivity contribution in [3.63, 3.8) is 0 Å². The molecule has 0 unspecified atom stereocenters. The van der Waals surface area contributed by atoms with Gasteiger partial charge in [-0.3, -0.25) is 0 Å². The molecule has 154 valence electrons. The Morgan fingerprint density at radius 1 is 0.690 bits per heavy atom. The maximum atomic E-state index is 14.3. The minimum absolute atomic E-state index is 0.255. The summed E-state index contributed by atoms with van der Waals surface area (Å²) in [5.74, 6) is -7.45. The molecule has 0 saturated carbocycles. The molecule has 0 aliphatic carbocycles. The normalized spacial score (nSPS) is 10.9. The first kappa shape index (κ1) is 22.3. The zero-order chi connectivity index (χ0) is 21.8. The second-order valence-corrected chi connectivity index (χ2v) is 5.88. The fourth-order valence-electron chi connectivity index (χ4n) is 2.47. The van der Waals surface area contributed by atoms with Crippen molar-refractivity contribution in [1.29, 1.82) is 0 Å². The largest absolute Gasteiger partial charge is 0.429 e. The number of alkyl halides is 2. The molecule has 0 fully saturated rings. The van der Waals surface area contributed by atoms with E-state index in [1.54, 1.807) is 24.3 Å². The van der Waals surface area contributed by atoms with E-state index in [-0.39, 0.29) is 12.1 Å². The molecule has 3 aromatic rings. The van der Waals surface area contributed by atoms with E-state index in [2.05, 4.69) is 4.74 Å². The molecule has 0 atom stereocenters. The highest BCUT2D eigenvalue weighted by Gasteiger charge is 2.38. The average Bonchev–Trinajstić information content (AvgIpc) is 2.67. The molecule has 0 spiro atoms. The van der Waals surface area contributed by atoms with E-state index in [9.17, 15) is 26.3 Å². The van der Waals surface area contributed by atoms with Crippen molar-refractivity contribution >= 4 is 0 Å². The molecule has 0 N–H and O–H groups in total. The monoisotopic (exact) mass is 412 g/mol. The summed E-state index contributed by atoms with van der Waals surface area (Å²) in [7, 11) is 0. The predicted molar refractivity (Wildman–Crippen MR) is 98.8 cm³/mol. The minimum atomic E-state index is -4.23. The third kappa shape index (κ3) is 5.10. The lowest BCUT2D eigenvalue weighted by molar-refractivity contribution is -0.187. The van der Waals surface area contributed by atoms with E-state index >= 15 is 0 Å². The standard InChI is InChI=1S/C20H12F6O.C2H6/c1-11-2-4-12(5-3-11)13-6-7-15(16(21)8-13)20(25,26)27-14-9-17(22)19(24)18(23)10-14;1-2/h2-10H,1H3;1-2H3. The van der Waals surface area contributed by atoms with Crippen molar-refractivity contribution in [3.05, 3.63) is 89.0 Å². The number of hydrogen-bond donors (Lipinski definition) is 0. The summed E-state index contributed by atoms with van der Waals surface area (Å²) in [6.45, 7) is 5.87. The Balaban J connectivity index is 0.00000145. The van der Waals surface area contributed by atoms with Crippen molar-refractivity contribution in [1.82, 2.24) is 0 Å². The van der Waals surface area contributed by atoms with Gasteiger partial charge in [0.05, 0.1) is 5.56 Å². The van der Waals surface area contributed by atoms with Crippen LogP contribution in [0, 0.1) is 30.2 Å². The van der Waals surface area contributed by atoms with E-state index in [4.69, 9.17) is 0 Å². The summed E-state index contributed by atoms with van der Waals surface area (Å²) in [5, 5.41) is 0. The van der Waals surface area contributed by atoms with Gasteiger partial charge in [0, 0.05) is 12.1 Å². The topological polar surface area (TPSA) is 9.23 Å². The van der Waals surface area contributed by atoms with E-state index in [1.165, 1.54) is 6.07 Å². The van der Waals surface area contributed by atoms with Crippen molar-refractivity contribution in [3.8, 4) is 16.9 Å². The van der Waals surface area contributed by atoms with Crippen LogP contribution in [0.4, 0.5) is 26.3 Å². The number of benzene rings is 3. The van der Waals surface area contributed by atoms with Crippen molar-refractivity contribution in [2.75, 3.05) is 0 Å². The molecular weight excluding hydrogens is 394 g/mol. The van der Waals surface area contributed by atoms with E-state index < -0.39 is 40.7 Å². The lowest BCUT2D eigenvalue weighted by atomic mass is 10.0. The first-order chi connectivity index (χ1) is 13.7. The SMILES string of the molecule is CC.Cc1ccc(-c2ccc(C(F)(F)Oc3cc(F)c(F)c(F)c3)c(F)c2)cc1. The van der Waals surface area contributed by atoms with Crippen LogP contribution in [0.5, 0.6) is 5.75 Å². The molecule has 1 nitrogen and oxygen atoms in total. The Labute approximate surface area is 164 Å². The number of halogens is 6. The van der Waals surface area contributed by atoms with Crippen molar-refractivity contribution in [2.45, 2.75) is 26.9 Å². The Morgan fingerprint density at radius 2 is 1.21 bits per heavy atom. The highest BCUT2D eigenvalue weighted by molar-refractivity contribution is 5.64. The molecule has 29 heavy (non-hydrogen) atoms. The highest BCUT2D eigenvalue weighted by Crippen LogP contribution is 2.35. The quantitative estimate of drug-likeness (QED) is 0.321. The molecule has 3 aromatic carbocycles. The van der Waals surface area contributed by atoms with Gasteiger partial charge in [-0.2, -0.15) is 8.78 Å². The smallest absolute Gasteiger partial charge is 0.429 e. The van der Waals surface area contributed by atoms with E-state index in [0.717, 1.165) is 17.7 Å². The summed E-state index contributed by atoms with van der Waals surface area (Å²) in [5.41, 5.74) is 0.849. The lowest BCUT2D eigenvalue weighted by Gasteiger charge is -2.19. The molecule has 7 heteroatoms. The third-order valence-corrected chi connectivity index (χ3v) is 3.87. The minimum Gasteiger partial charge on any atom is -0.429 e. The molecule has 0 aliphatic rings. The first-order valence-corrected chi connectivity index (χ1v) is 8.76. The Morgan fingerprint density at radius 3 is 1.72 bits per heavy atom. The van der Waals surface area contributed by atoms with Gasteiger partial charge in [-0.05, 0) is 30.2 Å². The van der Waals surface area contributed by atoms with Crippen LogP contribution in [0.25, 0.3) is 11.1 Å². The second kappa shape index (κ2) is 9.03. The van der Waals surface area contributed by atoms with Gasteiger partial charge in [0.1, 0.15) is 11.6 Å². The van der Waals surface area contributed by atoms with Gasteiger partial charge in [0.2, 0.25) is 0 Å². The van der Waals surface area contributed by atoms with Gasteiger partial charge >= 0.3 is 6.11 Å². The molecule has 0 saturated heterocycles. The van der Waals surface area contributed by atoms with Crippen LogP contribution in [0.3, 0.4) is 0 Å². The summed E-state index contributed by atoms with van der Waals surface area (Å²) in [6.07, 6.45) is -4.23. The number of aryl methyl sites for hydroxylation is 1. The Hall–Kier alpha value is -2.96. The summed E-state index contributed by atoms with van der Waals surface area (Å²) in [4.78, 5) is 0. The van der Waals surface area contributed by atoms with E-state index in [1.807, 2.05) is 20.8 Å². The number of rotatable bonds is 4. The molecule has 0 aliphatic heterocycles. The first-order valence-electron chi connectivity index (χ1n) is 8.76. The van der Waals surface area contributed by atoms with Crippen LogP contribution in [0.15, 0.2) is 54.6 Å². The van der Waals surface area contributed by atoms with E-state index in [0.29, 0.717) is 11.1 Å². The van der Waals surface area contributed by atoms with Crippen molar-refractivity contribution < 1.29 is 31.1 Å². The highest BCUT2D eigenvalue weighted by atomic mass is 19.3. The van der Waals surface area contributed by atoms with Crippen molar-refractivity contribution in [2.24, 2.45) is 0 Å². The Bertz CT molecular complexity index is 960. The van der Waals surface area contributed by atoms with Crippen LogP contribution >= 0.6 is 0 Å². The molecule has 0 radical (unpaired) electrons. The zero-order valence-electron chi connectivity index (χ0n) is 15.9. The maximum absolute atomic E-state index is 14.3. The molecule has 0 bridgehead atoms. The van der Waals surface area contributed by atoms with Crippen LogP contribution in [0.1, 0.15) is 25.0 Å². The van der Waals surface area contributed by atoms with Gasteiger partial charge in [-0.15, -0.1) is 0 Å². The molecule has 0 aromatic heterocycles.